The van der Waals surface area contributed by atoms with E-state index in [-0.39, 0.29) is 5.41 Å². The average Bonchev–Trinajstić information content (AvgIpc) is 3.38. The van der Waals surface area contributed by atoms with Crippen LogP contribution in [0.4, 0.5) is 0 Å². The van der Waals surface area contributed by atoms with Crippen LogP contribution in [0.5, 0.6) is 0 Å². The number of ether oxygens (including phenoxy) is 1. The van der Waals surface area contributed by atoms with Gasteiger partial charge >= 0.3 is 0 Å². The van der Waals surface area contributed by atoms with E-state index in [2.05, 4.69) is 91.4 Å². The third-order valence-electron chi connectivity index (χ3n) is 9.27. The molecule has 2 unspecified atom stereocenters. The number of aliphatic imine (C=N–C) groups is 1. The second-order valence-electron chi connectivity index (χ2n) is 13.6. The molecule has 3 rings (SSSR count). The molecule has 4 nitrogen and oxygen atoms in total. The molecule has 246 valence electrons. The van der Waals surface area contributed by atoms with Crippen molar-refractivity contribution in [3.05, 3.63) is 88.8 Å². The number of aryl methyl sites for hydroxylation is 1. The molecule has 1 heterocycles. The molecule has 0 amide bonds. The highest BCUT2D eigenvalue weighted by atomic mass is 16.5. The molecule has 4 heteroatoms. The quantitative estimate of drug-likeness (QED) is 0.114. The lowest BCUT2D eigenvalue weighted by atomic mass is 9.67. The number of nitrogens with zero attached hydrogens (tertiary/aromatic N) is 1. The highest BCUT2D eigenvalue weighted by molar-refractivity contribution is 5.75. The first-order valence-corrected chi connectivity index (χ1v) is 16.8. The molecule has 2 aliphatic rings. The van der Waals surface area contributed by atoms with Crippen molar-refractivity contribution in [2.45, 2.75) is 126 Å². The zero-order valence-corrected chi connectivity index (χ0v) is 30.0. The Morgan fingerprint density at radius 1 is 1.00 bits per heavy atom. The number of nitrogens with two attached hydrogens (primary N) is 2. The Bertz CT molecular complexity index is 1180. The van der Waals surface area contributed by atoms with E-state index in [1.54, 1.807) is 0 Å². The fourth-order valence-corrected chi connectivity index (χ4v) is 6.71. The minimum Gasteiger partial charge on any atom is -0.402 e. The van der Waals surface area contributed by atoms with Crippen LogP contribution in [-0.4, -0.2) is 19.0 Å². The maximum absolute atomic E-state index is 5.94. The predicted octanol–water partition coefficient (Wildman–Crippen LogP) is 10.6. The van der Waals surface area contributed by atoms with Crippen LogP contribution in [-0.2, 0) is 10.2 Å². The monoisotopic (exact) mass is 604 g/mol. The van der Waals surface area contributed by atoms with Crippen molar-refractivity contribution >= 4 is 11.9 Å². The lowest BCUT2D eigenvalue weighted by Gasteiger charge is -2.36. The average molecular weight is 604 g/mol. The highest BCUT2D eigenvalue weighted by Gasteiger charge is 2.32. The van der Waals surface area contributed by atoms with Gasteiger partial charge in [0.15, 0.2) is 0 Å². The van der Waals surface area contributed by atoms with Gasteiger partial charge in [0, 0.05) is 17.7 Å². The molecule has 1 saturated heterocycles. The molecule has 0 bridgehead atoms. The van der Waals surface area contributed by atoms with Crippen LogP contribution in [0.1, 0.15) is 124 Å². The van der Waals surface area contributed by atoms with Crippen molar-refractivity contribution < 1.29 is 4.74 Å². The number of hydrogen-bond donors (Lipinski definition) is 2. The summed E-state index contributed by atoms with van der Waals surface area (Å²) in [5.41, 5.74) is 20.9. The molecule has 1 aromatic rings. The summed E-state index contributed by atoms with van der Waals surface area (Å²) >= 11 is 0. The van der Waals surface area contributed by atoms with Crippen molar-refractivity contribution in [3.8, 4) is 0 Å². The third kappa shape index (κ3) is 11.3. The number of benzene rings is 1. The van der Waals surface area contributed by atoms with Crippen LogP contribution in [0, 0.1) is 24.7 Å². The maximum Gasteiger partial charge on any atom is 0.0860 e. The Kier molecular flexibility index (Phi) is 16.8. The van der Waals surface area contributed by atoms with Gasteiger partial charge < -0.3 is 16.2 Å². The number of rotatable bonds is 11. The first-order valence-electron chi connectivity index (χ1n) is 16.8. The SMILES string of the molecule is C=C(/C=C(N=CN)\C(C)=C(/C)N)c1ccc(C(CCC)(CCC)C(=C)C)c(C)c1.C=C(C)C1OCCC1C.CC1CC(C)C1. The summed E-state index contributed by atoms with van der Waals surface area (Å²) in [6, 6.07) is 6.63. The van der Waals surface area contributed by atoms with Crippen LogP contribution in [0.15, 0.2) is 77.1 Å². The molecule has 4 N–H and O–H groups in total. The van der Waals surface area contributed by atoms with E-state index < -0.39 is 0 Å². The molecular weight excluding hydrogens is 538 g/mol. The minimum absolute atomic E-state index is 0.0360. The predicted molar refractivity (Wildman–Crippen MR) is 196 cm³/mol. The Morgan fingerprint density at radius 3 is 1.89 bits per heavy atom. The summed E-state index contributed by atoms with van der Waals surface area (Å²) in [7, 11) is 0. The molecule has 1 aliphatic carbocycles. The summed E-state index contributed by atoms with van der Waals surface area (Å²) in [5.74, 6) is 2.77. The van der Waals surface area contributed by atoms with Crippen LogP contribution in [0.2, 0.25) is 0 Å². The Labute approximate surface area is 271 Å². The third-order valence-corrected chi connectivity index (χ3v) is 9.27. The normalized spacial score (nSPS) is 22.2. The van der Waals surface area contributed by atoms with E-state index >= 15 is 0 Å². The van der Waals surface area contributed by atoms with Crippen LogP contribution in [0.3, 0.4) is 0 Å². The van der Waals surface area contributed by atoms with Crippen LogP contribution < -0.4 is 11.5 Å². The van der Waals surface area contributed by atoms with Crippen molar-refractivity contribution in [2.75, 3.05) is 6.61 Å². The Morgan fingerprint density at radius 2 is 1.57 bits per heavy atom. The lowest BCUT2D eigenvalue weighted by molar-refractivity contribution is 0.122. The molecule has 0 radical (unpaired) electrons. The van der Waals surface area contributed by atoms with Gasteiger partial charge in [-0.15, -0.1) is 0 Å². The van der Waals surface area contributed by atoms with Crippen LogP contribution in [0.25, 0.3) is 5.57 Å². The van der Waals surface area contributed by atoms with Gasteiger partial charge in [-0.2, -0.15) is 0 Å². The summed E-state index contributed by atoms with van der Waals surface area (Å²) in [6.45, 7) is 34.9. The topological polar surface area (TPSA) is 73.6 Å². The fourth-order valence-electron chi connectivity index (χ4n) is 6.71. The first-order chi connectivity index (χ1) is 20.6. The minimum atomic E-state index is 0.0360. The number of allylic oxidation sites excluding steroid dienone is 5. The second-order valence-corrected chi connectivity index (χ2v) is 13.6. The zero-order chi connectivity index (χ0) is 33.6. The fraction of sp³-hybridized carbons (Fsp3) is 0.575. The molecule has 0 spiro atoms. The van der Waals surface area contributed by atoms with Gasteiger partial charge in [0.25, 0.3) is 0 Å². The molecule has 0 aromatic heterocycles. The number of hydrogen-bond acceptors (Lipinski definition) is 3. The van der Waals surface area contributed by atoms with Gasteiger partial charge in [0.05, 0.1) is 18.1 Å². The standard InChI is InChI=1S/C26H39N3.C8H14O.C6H12/c1-9-13-26(14-10-2,18(3)4)24-12-11-23(15-20(24)6)19(5)16-25(29-17-27)21(7)22(8)28;1-6(2)8-7(3)4-5-9-8;1-5-3-6(2)4-5/h11-12,15-17H,3,5,9-10,13-14,28H2,1-2,4,6-8H3,(H2,27,29);7-8H,1,4-5H2,2-3H3;5-6H,3-4H2,1-2H3/b22-21+,25-16+;;. The maximum atomic E-state index is 5.94. The summed E-state index contributed by atoms with van der Waals surface area (Å²) in [4.78, 5) is 4.27. The van der Waals surface area contributed by atoms with Gasteiger partial charge in [-0.05, 0) is 118 Å². The van der Waals surface area contributed by atoms with Gasteiger partial charge in [0.1, 0.15) is 0 Å². The summed E-state index contributed by atoms with van der Waals surface area (Å²) < 4.78 is 5.43. The lowest BCUT2D eigenvalue weighted by Crippen LogP contribution is -2.28. The second kappa shape index (κ2) is 18.8. The molecular formula is C40H65N3O. The molecule has 1 saturated carbocycles. The van der Waals surface area contributed by atoms with Crippen molar-refractivity contribution in [2.24, 2.45) is 34.2 Å². The molecule has 2 atom stereocenters. The van der Waals surface area contributed by atoms with E-state index in [0.717, 1.165) is 66.5 Å². The molecule has 44 heavy (non-hydrogen) atoms. The zero-order valence-electron chi connectivity index (χ0n) is 30.0. The molecule has 2 fully saturated rings. The first kappa shape index (κ1) is 39.2. The van der Waals surface area contributed by atoms with Crippen LogP contribution >= 0.6 is 0 Å². The van der Waals surface area contributed by atoms with Gasteiger partial charge in [0.2, 0.25) is 0 Å². The Hall–Kier alpha value is -2.85. The molecule has 1 aromatic carbocycles. The van der Waals surface area contributed by atoms with Crippen molar-refractivity contribution in [3.63, 3.8) is 0 Å². The smallest absolute Gasteiger partial charge is 0.0860 e. The van der Waals surface area contributed by atoms with Gasteiger partial charge in [-0.25, -0.2) is 4.99 Å². The molecule has 1 aliphatic heterocycles. The van der Waals surface area contributed by atoms with Gasteiger partial charge in [-0.1, -0.05) is 96.5 Å². The van der Waals surface area contributed by atoms with Gasteiger partial charge in [-0.3, -0.25) is 0 Å². The van der Waals surface area contributed by atoms with E-state index in [9.17, 15) is 0 Å². The van der Waals surface area contributed by atoms with E-state index in [1.165, 1.54) is 47.9 Å². The highest BCUT2D eigenvalue weighted by Crippen LogP contribution is 2.42. The van der Waals surface area contributed by atoms with Crippen molar-refractivity contribution in [1.82, 2.24) is 0 Å². The van der Waals surface area contributed by atoms with E-state index in [4.69, 9.17) is 16.2 Å². The Balaban J connectivity index is 0.000000517. The van der Waals surface area contributed by atoms with E-state index in [1.807, 2.05) is 26.8 Å². The summed E-state index contributed by atoms with van der Waals surface area (Å²) in [5, 5.41) is 0. The largest absolute Gasteiger partial charge is 0.402 e. The van der Waals surface area contributed by atoms with Crippen molar-refractivity contribution in [1.29, 1.82) is 0 Å². The summed E-state index contributed by atoms with van der Waals surface area (Å²) in [6.07, 6.45) is 12.2. The van der Waals surface area contributed by atoms with E-state index in [0.29, 0.717) is 17.7 Å².